The smallest absolute Gasteiger partial charge is 0.275 e. The van der Waals surface area contributed by atoms with Crippen molar-refractivity contribution in [3.63, 3.8) is 0 Å². The Morgan fingerprint density at radius 3 is 2.47 bits per heavy atom. The summed E-state index contributed by atoms with van der Waals surface area (Å²) < 4.78 is 5.88. The van der Waals surface area contributed by atoms with Crippen LogP contribution in [0.4, 0.5) is 0 Å². The Bertz CT molecular complexity index is 1320. The van der Waals surface area contributed by atoms with E-state index in [1.807, 2.05) is 42.5 Å². The minimum atomic E-state index is -0.518. The van der Waals surface area contributed by atoms with E-state index in [0.717, 1.165) is 16.3 Å². The van der Waals surface area contributed by atoms with E-state index in [2.05, 4.69) is 10.5 Å². The Morgan fingerprint density at radius 1 is 0.969 bits per heavy atom. The van der Waals surface area contributed by atoms with Crippen LogP contribution in [0, 0.1) is 0 Å². The fourth-order valence-electron chi connectivity index (χ4n) is 3.14. The SMILES string of the molecule is O=C(NN=Cc1ccccc1OCc1ccc(Cl)cc1Cl)c1cc2ccccc2cc1O. The zero-order chi connectivity index (χ0) is 22.5. The normalized spacial score (nSPS) is 11.1. The van der Waals surface area contributed by atoms with Crippen molar-refractivity contribution in [3.05, 3.63) is 106 Å². The molecule has 4 aromatic carbocycles. The molecule has 0 unspecified atom stereocenters. The van der Waals surface area contributed by atoms with Gasteiger partial charge in [0.2, 0.25) is 0 Å². The molecule has 1 amide bonds. The molecule has 160 valence electrons. The van der Waals surface area contributed by atoms with Gasteiger partial charge in [-0.05, 0) is 47.2 Å². The summed E-state index contributed by atoms with van der Waals surface area (Å²) in [7, 11) is 0. The van der Waals surface area contributed by atoms with E-state index in [0.29, 0.717) is 21.4 Å². The number of aromatic hydroxyl groups is 1. The monoisotopic (exact) mass is 464 g/mol. The third kappa shape index (κ3) is 5.02. The first-order valence-corrected chi connectivity index (χ1v) is 10.5. The second kappa shape index (κ2) is 9.73. The van der Waals surface area contributed by atoms with E-state index in [1.165, 1.54) is 6.21 Å². The number of benzene rings is 4. The molecule has 0 bridgehead atoms. The van der Waals surface area contributed by atoms with Gasteiger partial charge in [-0.15, -0.1) is 0 Å². The summed E-state index contributed by atoms with van der Waals surface area (Å²) in [5.41, 5.74) is 4.05. The van der Waals surface area contributed by atoms with Gasteiger partial charge in [0.05, 0.1) is 11.8 Å². The molecule has 0 aliphatic carbocycles. The van der Waals surface area contributed by atoms with Crippen LogP contribution in [0.5, 0.6) is 11.5 Å². The van der Waals surface area contributed by atoms with Crippen LogP contribution in [0.1, 0.15) is 21.5 Å². The van der Waals surface area contributed by atoms with Crippen molar-refractivity contribution < 1.29 is 14.6 Å². The Hall–Kier alpha value is -3.54. The number of hydrogen-bond acceptors (Lipinski definition) is 4. The van der Waals surface area contributed by atoms with Gasteiger partial charge in [-0.3, -0.25) is 4.79 Å². The molecule has 4 aromatic rings. The van der Waals surface area contributed by atoms with Gasteiger partial charge < -0.3 is 9.84 Å². The molecule has 0 saturated heterocycles. The first kappa shape index (κ1) is 21.7. The second-order valence-electron chi connectivity index (χ2n) is 6.98. The first-order valence-electron chi connectivity index (χ1n) is 9.72. The number of nitrogens with one attached hydrogen (secondary N) is 1. The number of hydrogen-bond donors (Lipinski definition) is 2. The Kier molecular flexibility index (Phi) is 6.59. The number of nitrogens with zero attached hydrogens (tertiary/aromatic N) is 1. The van der Waals surface area contributed by atoms with Crippen LogP contribution >= 0.6 is 23.2 Å². The standard InChI is InChI=1S/C25H18Cl2N2O3/c26-20-10-9-19(22(27)13-20)15-32-24-8-4-3-7-18(24)14-28-29-25(31)21-11-16-5-1-2-6-17(16)12-23(21)30/h1-14,30H,15H2,(H,29,31). The van der Waals surface area contributed by atoms with Crippen molar-refractivity contribution in [1.82, 2.24) is 5.43 Å². The molecule has 0 saturated carbocycles. The van der Waals surface area contributed by atoms with Gasteiger partial charge in [-0.1, -0.05) is 65.7 Å². The molecular weight excluding hydrogens is 447 g/mol. The molecule has 0 heterocycles. The third-order valence-electron chi connectivity index (χ3n) is 4.80. The number of phenolic OH excluding ortho intramolecular Hbond substituents is 1. The van der Waals surface area contributed by atoms with Crippen molar-refractivity contribution in [3.8, 4) is 11.5 Å². The molecule has 0 fully saturated rings. The number of fused-ring (bicyclic) bond motifs is 1. The molecular formula is C25H18Cl2N2O3. The minimum absolute atomic E-state index is 0.111. The molecule has 4 rings (SSSR count). The Labute approximate surface area is 194 Å². The van der Waals surface area contributed by atoms with Crippen LogP contribution in [0.3, 0.4) is 0 Å². The maximum atomic E-state index is 12.5. The minimum Gasteiger partial charge on any atom is -0.507 e. The lowest BCUT2D eigenvalue weighted by atomic mass is 10.1. The summed E-state index contributed by atoms with van der Waals surface area (Å²) in [6.07, 6.45) is 1.48. The molecule has 0 aromatic heterocycles. The summed E-state index contributed by atoms with van der Waals surface area (Å²) in [4.78, 5) is 12.5. The number of halogens is 2. The lowest BCUT2D eigenvalue weighted by Crippen LogP contribution is -2.17. The number of carbonyl (C=O) groups is 1. The molecule has 0 spiro atoms. The molecule has 0 aliphatic heterocycles. The lowest BCUT2D eigenvalue weighted by molar-refractivity contribution is 0.0952. The molecule has 0 radical (unpaired) electrons. The van der Waals surface area contributed by atoms with E-state index in [-0.39, 0.29) is 17.9 Å². The molecule has 2 N–H and O–H groups in total. The fourth-order valence-corrected chi connectivity index (χ4v) is 3.61. The van der Waals surface area contributed by atoms with E-state index < -0.39 is 5.91 Å². The van der Waals surface area contributed by atoms with Gasteiger partial charge in [0.15, 0.2) is 0 Å². The molecule has 5 nitrogen and oxygen atoms in total. The predicted molar refractivity (Wildman–Crippen MR) is 128 cm³/mol. The van der Waals surface area contributed by atoms with Crippen molar-refractivity contribution in [1.29, 1.82) is 0 Å². The van der Waals surface area contributed by atoms with E-state index >= 15 is 0 Å². The van der Waals surface area contributed by atoms with Crippen LogP contribution in [0.2, 0.25) is 10.0 Å². The predicted octanol–water partition coefficient (Wildman–Crippen LogP) is 6.20. The highest BCUT2D eigenvalue weighted by atomic mass is 35.5. The zero-order valence-corrected chi connectivity index (χ0v) is 18.3. The van der Waals surface area contributed by atoms with Crippen LogP contribution in [0.25, 0.3) is 10.8 Å². The lowest BCUT2D eigenvalue weighted by Gasteiger charge is -2.10. The number of carbonyl (C=O) groups excluding carboxylic acids is 1. The maximum absolute atomic E-state index is 12.5. The number of hydrazone groups is 1. The first-order chi connectivity index (χ1) is 15.5. The Balaban J connectivity index is 1.46. The second-order valence-corrected chi connectivity index (χ2v) is 7.82. The van der Waals surface area contributed by atoms with Gasteiger partial charge in [0, 0.05) is 21.2 Å². The van der Waals surface area contributed by atoms with E-state index in [9.17, 15) is 9.90 Å². The van der Waals surface area contributed by atoms with E-state index in [1.54, 1.807) is 36.4 Å². The quantitative estimate of drug-likeness (QED) is 0.263. The third-order valence-corrected chi connectivity index (χ3v) is 5.38. The Morgan fingerprint density at radius 2 is 1.69 bits per heavy atom. The number of amides is 1. The zero-order valence-electron chi connectivity index (χ0n) is 16.8. The number of para-hydroxylation sites is 1. The van der Waals surface area contributed by atoms with Crippen molar-refractivity contribution in [2.75, 3.05) is 0 Å². The van der Waals surface area contributed by atoms with Gasteiger partial charge in [0.1, 0.15) is 18.1 Å². The van der Waals surface area contributed by atoms with Crippen molar-refractivity contribution in [2.45, 2.75) is 6.61 Å². The number of rotatable bonds is 6. The summed E-state index contributed by atoms with van der Waals surface area (Å²) in [6, 6.07) is 23.1. The van der Waals surface area contributed by atoms with Crippen LogP contribution in [-0.4, -0.2) is 17.2 Å². The highest BCUT2D eigenvalue weighted by Gasteiger charge is 2.12. The topological polar surface area (TPSA) is 70.9 Å². The highest BCUT2D eigenvalue weighted by Crippen LogP contribution is 2.25. The molecule has 7 heteroatoms. The maximum Gasteiger partial charge on any atom is 0.275 e. The number of ether oxygens (including phenoxy) is 1. The largest absolute Gasteiger partial charge is 0.507 e. The summed E-state index contributed by atoms with van der Waals surface area (Å²) in [5, 5.41) is 17.0. The van der Waals surface area contributed by atoms with Crippen molar-refractivity contribution in [2.24, 2.45) is 5.10 Å². The molecule has 0 aliphatic rings. The molecule has 0 atom stereocenters. The van der Waals surface area contributed by atoms with Crippen molar-refractivity contribution >= 4 is 46.1 Å². The number of phenols is 1. The summed E-state index contributed by atoms with van der Waals surface area (Å²) >= 11 is 12.1. The van der Waals surface area contributed by atoms with Gasteiger partial charge in [0.25, 0.3) is 5.91 Å². The molecule has 32 heavy (non-hydrogen) atoms. The van der Waals surface area contributed by atoms with Gasteiger partial charge in [-0.2, -0.15) is 5.10 Å². The van der Waals surface area contributed by atoms with Crippen LogP contribution in [0.15, 0.2) is 84.0 Å². The summed E-state index contributed by atoms with van der Waals surface area (Å²) in [5.74, 6) is -0.0547. The summed E-state index contributed by atoms with van der Waals surface area (Å²) in [6.45, 7) is 0.248. The van der Waals surface area contributed by atoms with E-state index in [4.69, 9.17) is 27.9 Å². The van der Waals surface area contributed by atoms with Crippen LogP contribution < -0.4 is 10.2 Å². The highest BCUT2D eigenvalue weighted by molar-refractivity contribution is 6.35. The average molecular weight is 465 g/mol. The van der Waals surface area contributed by atoms with Crippen LogP contribution in [-0.2, 0) is 6.61 Å². The van der Waals surface area contributed by atoms with Gasteiger partial charge >= 0.3 is 0 Å². The fraction of sp³-hybridized carbons (Fsp3) is 0.0400. The van der Waals surface area contributed by atoms with Gasteiger partial charge in [-0.25, -0.2) is 5.43 Å². The average Bonchev–Trinajstić information content (AvgIpc) is 2.78.